The lowest BCUT2D eigenvalue weighted by Gasteiger charge is -2.04. The summed E-state index contributed by atoms with van der Waals surface area (Å²) < 4.78 is 0. The number of nitrogens with one attached hydrogen (secondary N) is 2. The van der Waals surface area contributed by atoms with Gasteiger partial charge in [0.2, 0.25) is 0 Å². The fourth-order valence-electron chi connectivity index (χ4n) is 1.91. The number of nitrogens with zero attached hydrogens (tertiary/aromatic N) is 2. The second kappa shape index (κ2) is 8.43. The molecule has 2 amide bonds. The molecule has 0 fully saturated rings. The third-order valence-corrected chi connectivity index (χ3v) is 3.43. The van der Waals surface area contributed by atoms with Gasteiger partial charge in [-0.25, -0.2) is 10.9 Å². The van der Waals surface area contributed by atoms with Crippen LogP contribution in [0.2, 0.25) is 0 Å². The standard InChI is InChI=1S/C18H18N4O4/c1-11(13-3-7-15(23)8-4-13)19-21-17(25)18(26)22-20-12(2)14-5-9-16(24)10-6-14/h3-10,23-24H,1-2H3,(H,21,25)(H,22,26). The fourth-order valence-corrected chi connectivity index (χ4v) is 1.91. The van der Waals surface area contributed by atoms with Crippen LogP contribution in [-0.4, -0.2) is 33.5 Å². The van der Waals surface area contributed by atoms with Crippen molar-refractivity contribution in [2.45, 2.75) is 13.8 Å². The Bertz CT molecular complexity index is 782. The lowest BCUT2D eigenvalue weighted by molar-refractivity contribution is -0.139. The maximum atomic E-state index is 11.8. The first kappa shape index (κ1) is 18.7. The molecule has 2 aromatic carbocycles. The summed E-state index contributed by atoms with van der Waals surface area (Å²) in [6.07, 6.45) is 0. The summed E-state index contributed by atoms with van der Waals surface area (Å²) in [5.41, 5.74) is 6.58. The number of hydrogen-bond acceptors (Lipinski definition) is 6. The molecule has 8 nitrogen and oxygen atoms in total. The van der Waals surface area contributed by atoms with Crippen LogP contribution >= 0.6 is 0 Å². The summed E-state index contributed by atoms with van der Waals surface area (Å²) in [6.45, 7) is 3.30. The molecule has 4 N–H and O–H groups in total. The maximum Gasteiger partial charge on any atom is 0.331 e. The molecule has 0 spiro atoms. The first-order valence-corrected chi connectivity index (χ1v) is 7.64. The van der Waals surface area contributed by atoms with Crippen molar-refractivity contribution in [1.29, 1.82) is 0 Å². The largest absolute Gasteiger partial charge is 0.508 e. The fraction of sp³-hybridized carbons (Fsp3) is 0.111. The summed E-state index contributed by atoms with van der Waals surface area (Å²) in [5.74, 6) is -1.70. The highest BCUT2D eigenvalue weighted by molar-refractivity contribution is 6.35. The molecular weight excluding hydrogens is 336 g/mol. The second-order valence-electron chi connectivity index (χ2n) is 5.37. The van der Waals surface area contributed by atoms with Crippen LogP contribution in [0.3, 0.4) is 0 Å². The minimum absolute atomic E-state index is 0.117. The van der Waals surface area contributed by atoms with E-state index in [9.17, 15) is 19.8 Å². The molecule has 0 aliphatic carbocycles. The van der Waals surface area contributed by atoms with Gasteiger partial charge in [0.15, 0.2) is 0 Å². The molecule has 26 heavy (non-hydrogen) atoms. The summed E-state index contributed by atoms with van der Waals surface area (Å²) in [7, 11) is 0. The number of carbonyl (C=O) groups excluding carboxylic acids is 2. The minimum atomic E-state index is -0.967. The third-order valence-electron chi connectivity index (χ3n) is 3.43. The molecular formula is C18H18N4O4. The quantitative estimate of drug-likeness (QED) is 0.377. The number of aromatic hydroxyl groups is 2. The molecule has 0 saturated carbocycles. The van der Waals surface area contributed by atoms with Crippen LogP contribution in [0, 0.1) is 0 Å². The zero-order valence-corrected chi connectivity index (χ0v) is 14.2. The molecule has 8 heteroatoms. The van der Waals surface area contributed by atoms with E-state index in [0.717, 1.165) is 0 Å². The van der Waals surface area contributed by atoms with E-state index in [4.69, 9.17) is 0 Å². The molecule has 0 radical (unpaired) electrons. The molecule has 0 saturated heterocycles. The summed E-state index contributed by atoms with van der Waals surface area (Å²) in [5, 5.41) is 26.2. The van der Waals surface area contributed by atoms with E-state index in [1.807, 2.05) is 0 Å². The van der Waals surface area contributed by atoms with Crippen molar-refractivity contribution >= 4 is 23.2 Å². The van der Waals surface area contributed by atoms with Gasteiger partial charge in [0, 0.05) is 0 Å². The normalized spacial score (nSPS) is 11.8. The smallest absolute Gasteiger partial charge is 0.331 e. The predicted molar refractivity (Wildman–Crippen MR) is 96.9 cm³/mol. The van der Waals surface area contributed by atoms with Gasteiger partial charge in [0.1, 0.15) is 11.5 Å². The average Bonchev–Trinajstić information content (AvgIpc) is 2.64. The number of phenols is 2. The van der Waals surface area contributed by atoms with Gasteiger partial charge in [-0.1, -0.05) is 0 Å². The van der Waals surface area contributed by atoms with Gasteiger partial charge in [0.05, 0.1) is 11.4 Å². The van der Waals surface area contributed by atoms with Crippen LogP contribution in [0.15, 0.2) is 58.7 Å². The second-order valence-corrected chi connectivity index (χ2v) is 5.37. The van der Waals surface area contributed by atoms with Crippen LogP contribution < -0.4 is 10.9 Å². The van der Waals surface area contributed by atoms with Crippen molar-refractivity contribution in [1.82, 2.24) is 10.9 Å². The lowest BCUT2D eigenvalue weighted by Crippen LogP contribution is -2.36. The molecule has 0 aromatic heterocycles. The Balaban J connectivity index is 1.93. The van der Waals surface area contributed by atoms with Crippen LogP contribution in [0.4, 0.5) is 0 Å². The van der Waals surface area contributed by atoms with Crippen molar-refractivity contribution in [3.63, 3.8) is 0 Å². The molecule has 0 aliphatic heterocycles. The highest BCUT2D eigenvalue weighted by Crippen LogP contribution is 2.11. The van der Waals surface area contributed by atoms with Crippen LogP contribution in [0.1, 0.15) is 25.0 Å². The molecule has 0 unspecified atom stereocenters. The average molecular weight is 354 g/mol. The molecule has 134 valence electrons. The monoisotopic (exact) mass is 354 g/mol. The highest BCUT2D eigenvalue weighted by atomic mass is 16.3. The summed E-state index contributed by atoms with van der Waals surface area (Å²) in [6, 6.07) is 12.5. The van der Waals surface area contributed by atoms with E-state index in [1.165, 1.54) is 24.3 Å². The first-order valence-electron chi connectivity index (χ1n) is 7.64. The SMILES string of the molecule is CC(=NNC(=O)C(=O)NN=C(C)c1ccc(O)cc1)c1ccc(O)cc1. The van der Waals surface area contributed by atoms with Gasteiger partial charge < -0.3 is 10.2 Å². The zero-order chi connectivity index (χ0) is 19.1. The van der Waals surface area contributed by atoms with Crippen molar-refractivity contribution < 1.29 is 19.8 Å². The zero-order valence-electron chi connectivity index (χ0n) is 14.2. The number of rotatable bonds is 4. The van der Waals surface area contributed by atoms with Crippen LogP contribution in [0.25, 0.3) is 0 Å². The summed E-state index contributed by atoms with van der Waals surface area (Å²) in [4.78, 5) is 23.5. The number of carbonyl (C=O) groups is 2. The lowest BCUT2D eigenvalue weighted by atomic mass is 10.1. The van der Waals surface area contributed by atoms with E-state index in [2.05, 4.69) is 21.1 Å². The van der Waals surface area contributed by atoms with Gasteiger partial charge in [-0.05, 0) is 73.5 Å². The Morgan fingerprint density at radius 2 is 1.00 bits per heavy atom. The van der Waals surface area contributed by atoms with Gasteiger partial charge in [-0.3, -0.25) is 9.59 Å². The number of amides is 2. The van der Waals surface area contributed by atoms with Crippen LogP contribution in [-0.2, 0) is 9.59 Å². The van der Waals surface area contributed by atoms with Crippen molar-refractivity contribution in [2.75, 3.05) is 0 Å². The molecule has 2 aromatic rings. The van der Waals surface area contributed by atoms with Crippen molar-refractivity contribution in [3.05, 3.63) is 59.7 Å². The van der Waals surface area contributed by atoms with E-state index in [1.54, 1.807) is 38.1 Å². The molecule has 0 heterocycles. The third kappa shape index (κ3) is 5.17. The highest BCUT2D eigenvalue weighted by Gasteiger charge is 2.12. The number of phenolic OH excluding ortho intramolecular Hbond substituents is 2. The number of benzene rings is 2. The summed E-state index contributed by atoms with van der Waals surface area (Å²) >= 11 is 0. The molecule has 0 bridgehead atoms. The molecule has 0 aliphatic rings. The van der Waals surface area contributed by atoms with E-state index < -0.39 is 11.8 Å². The van der Waals surface area contributed by atoms with Gasteiger partial charge >= 0.3 is 11.8 Å². The Morgan fingerprint density at radius 1 is 0.692 bits per heavy atom. The Hall–Kier alpha value is -3.68. The Morgan fingerprint density at radius 3 is 1.31 bits per heavy atom. The van der Waals surface area contributed by atoms with E-state index in [0.29, 0.717) is 22.6 Å². The number of hydrazone groups is 2. The van der Waals surface area contributed by atoms with Gasteiger partial charge in [0.25, 0.3) is 0 Å². The molecule has 2 rings (SSSR count). The Labute approximate surface area is 149 Å². The predicted octanol–water partition coefficient (Wildman–Crippen LogP) is 1.48. The van der Waals surface area contributed by atoms with Gasteiger partial charge in [-0.15, -0.1) is 0 Å². The molecule has 0 atom stereocenters. The van der Waals surface area contributed by atoms with Crippen LogP contribution in [0.5, 0.6) is 11.5 Å². The van der Waals surface area contributed by atoms with Gasteiger partial charge in [-0.2, -0.15) is 10.2 Å². The minimum Gasteiger partial charge on any atom is -0.508 e. The topological polar surface area (TPSA) is 123 Å². The number of hydrogen-bond donors (Lipinski definition) is 4. The Kier molecular flexibility index (Phi) is 6.05. The first-order chi connectivity index (χ1) is 12.4. The van der Waals surface area contributed by atoms with E-state index in [-0.39, 0.29) is 11.5 Å². The van der Waals surface area contributed by atoms with Crippen molar-refractivity contribution in [3.8, 4) is 11.5 Å². The van der Waals surface area contributed by atoms with Crippen molar-refractivity contribution in [2.24, 2.45) is 10.2 Å². The maximum absolute atomic E-state index is 11.8. The van der Waals surface area contributed by atoms with E-state index >= 15 is 0 Å².